The van der Waals surface area contributed by atoms with Crippen LogP contribution in [0.15, 0.2) is 63.8 Å². The molecule has 0 unspecified atom stereocenters. The van der Waals surface area contributed by atoms with Gasteiger partial charge in [-0.3, -0.25) is 4.79 Å². The Morgan fingerprint density at radius 2 is 1.70 bits per heavy atom. The van der Waals surface area contributed by atoms with Gasteiger partial charge < -0.3 is 9.15 Å². The van der Waals surface area contributed by atoms with Crippen molar-refractivity contribution in [2.45, 2.75) is 32.1 Å². The van der Waals surface area contributed by atoms with Crippen molar-refractivity contribution in [3.05, 3.63) is 76.1 Å². The Balaban J connectivity index is 1.41. The highest BCUT2D eigenvalue weighted by atomic mass is 35.5. The lowest BCUT2D eigenvalue weighted by molar-refractivity contribution is 0.108. The van der Waals surface area contributed by atoms with Crippen molar-refractivity contribution in [3.8, 4) is 5.75 Å². The van der Waals surface area contributed by atoms with Crippen LogP contribution in [-0.2, 0) is 6.42 Å². The van der Waals surface area contributed by atoms with Crippen LogP contribution in [0.1, 0.15) is 41.6 Å². The minimum atomic E-state index is -0.448. The Labute approximate surface area is 162 Å². The first kappa shape index (κ1) is 19.2. The fraction of sp³-hybridized carbons (Fsp3) is 0.273. The van der Waals surface area contributed by atoms with E-state index in [1.807, 2.05) is 36.4 Å². The number of unbranched alkanes of at least 4 members (excludes halogenated alkanes) is 3. The zero-order chi connectivity index (χ0) is 19.1. The van der Waals surface area contributed by atoms with E-state index in [-0.39, 0.29) is 5.75 Å². The number of para-hydroxylation sites is 1. The Bertz CT molecular complexity index is 977. The largest absolute Gasteiger partial charge is 0.487 e. The van der Waals surface area contributed by atoms with Gasteiger partial charge in [0.1, 0.15) is 5.58 Å². The molecule has 0 radical (unpaired) electrons. The van der Waals surface area contributed by atoms with Crippen LogP contribution in [0.3, 0.4) is 0 Å². The Hall–Kier alpha value is -2.59. The highest BCUT2D eigenvalue weighted by Gasteiger charge is 2.08. The van der Waals surface area contributed by atoms with Gasteiger partial charge in [-0.05, 0) is 54.6 Å². The number of carbonyl (C=O) groups is 1. The second-order valence-corrected chi connectivity index (χ2v) is 6.72. The van der Waals surface area contributed by atoms with Crippen molar-refractivity contribution in [2.75, 3.05) is 6.61 Å². The fourth-order valence-corrected chi connectivity index (χ4v) is 3.21. The van der Waals surface area contributed by atoms with Crippen LogP contribution in [0.5, 0.6) is 5.75 Å². The summed E-state index contributed by atoms with van der Waals surface area (Å²) < 4.78 is 10.8. The van der Waals surface area contributed by atoms with Gasteiger partial charge >= 0.3 is 5.63 Å². The van der Waals surface area contributed by atoms with E-state index in [9.17, 15) is 9.59 Å². The van der Waals surface area contributed by atoms with Crippen LogP contribution in [0.4, 0.5) is 0 Å². The molecule has 1 heterocycles. The molecule has 0 atom stereocenters. The van der Waals surface area contributed by atoms with E-state index in [0.29, 0.717) is 17.8 Å². The quantitative estimate of drug-likeness (QED) is 0.283. The number of halogens is 1. The Morgan fingerprint density at radius 1 is 0.963 bits per heavy atom. The summed E-state index contributed by atoms with van der Waals surface area (Å²) >= 11 is 5.61. The zero-order valence-corrected chi connectivity index (χ0v) is 15.7. The molecule has 27 heavy (non-hydrogen) atoms. The average Bonchev–Trinajstić information content (AvgIpc) is 2.67. The summed E-state index contributed by atoms with van der Waals surface area (Å²) in [6.07, 6.45) is 4.64. The summed E-state index contributed by atoms with van der Waals surface area (Å²) in [5.74, 6) is 0.253. The fourth-order valence-electron chi connectivity index (χ4n) is 3.03. The van der Waals surface area contributed by atoms with Crippen molar-refractivity contribution < 1.29 is 13.9 Å². The van der Waals surface area contributed by atoms with Crippen LogP contribution in [0.2, 0.25) is 0 Å². The van der Waals surface area contributed by atoms with Crippen LogP contribution in [-0.4, -0.2) is 11.8 Å². The lowest BCUT2D eigenvalue weighted by Crippen LogP contribution is -2.08. The molecule has 0 N–H and O–H groups in total. The van der Waals surface area contributed by atoms with Gasteiger partial charge in [-0.2, -0.15) is 0 Å². The van der Waals surface area contributed by atoms with Crippen LogP contribution < -0.4 is 10.4 Å². The third kappa shape index (κ3) is 5.20. The van der Waals surface area contributed by atoms with Crippen molar-refractivity contribution in [2.24, 2.45) is 0 Å². The number of hydrogen-bond acceptors (Lipinski definition) is 4. The molecule has 3 aromatic rings. The molecule has 140 valence electrons. The molecule has 0 aliphatic heterocycles. The molecule has 0 saturated carbocycles. The first-order valence-corrected chi connectivity index (χ1v) is 9.46. The van der Waals surface area contributed by atoms with Gasteiger partial charge in [0.05, 0.1) is 6.61 Å². The summed E-state index contributed by atoms with van der Waals surface area (Å²) in [7, 11) is 0. The third-order valence-electron chi connectivity index (χ3n) is 4.44. The van der Waals surface area contributed by atoms with Crippen LogP contribution in [0.25, 0.3) is 11.0 Å². The highest BCUT2D eigenvalue weighted by Crippen LogP contribution is 2.18. The van der Waals surface area contributed by atoms with E-state index >= 15 is 0 Å². The van der Waals surface area contributed by atoms with Crippen molar-refractivity contribution in [1.82, 2.24) is 0 Å². The summed E-state index contributed by atoms with van der Waals surface area (Å²) in [6, 6.07) is 16.5. The summed E-state index contributed by atoms with van der Waals surface area (Å²) in [4.78, 5) is 23.3. The molecular weight excluding hydrogens is 364 g/mol. The Morgan fingerprint density at radius 3 is 2.56 bits per heavy atom. The predicted molar refractivity (Wildman–Crippen MR) is 107 cm³/mol. The molecule has 0 aliphatic carbocycles. The minimum absolute atomic E-state index is 0.253. The second kappa shape index (κ2) is 9.38. The lowest BCUT2D eigenvalue weighted by atomic mass is 10.0. The van der Waals surface area contributed by atoms with Crippen LogP contribution >= 0.6 is 11.6 Å². The smallest absolute Gasteiger partial charge is 0.379 e. The molecular formula is C22H21ClO4. The highest BCUT2D eigenvalue weighted by molar-refractivity contribution is 6.67. The van der Waals surface area contributed by atoms with E-state index in [1.54, 1.807) is 18.2 Å². The number of ether oxygens (including phenoxy) is 1. The number of carbonyl (C=O) groups excluding carboxylic acids is 1. The maximum absolute atomic E-state index is 11.9. The molecule has 0 saturated heterocycles. The molecule has 5 heteroatoms. The summed E-state index contributed by atoms with van der Waals surface area (Å²) in [5.41, 5.74) is 1.69. The molecule has 0 fully saturated rings. The standard InChI is InChI=1S/C22H21ClO4/c23-21(24)18-12-6-4-10-16(18)9-3-1-2-8-14-26-20-15-17-11-5-7-13-19(17)27-22(20)25/h4-7,10-13,15H,1-3,8-9,14H2. The average molecular weight is 385 g/mol. The van der Waals surface area contributed by atoms with Gasteiger partial charge in [0.25, 0.3) is 5.24 Å². The van der Waals surface area contributed by atoms with E-state index in [2.05, 4.69) is 0 Å². The number of fused-ring (bicyclic) bond motifs is 1. The molecule has 4 nitrogen and oxygen atoms in total. The first-order valence-electron chi connectivity index (χ1n) is 9.08. The zero-order valence-electron chi connectivity index (χ0n) is 14.9. The molecule has 1 aromatic heterocycles. The summed E-state index contributed by atoms with van der Waals surface area (Å²) in [5, 5.41) is 0.438. The number of hydrogen-bond donors (Lipinski definition) is 0. The van der Waals surface area contributed by atoms with E-state index in [4.69, 9.17) is 20.8 Å². The monoisotopic (exact) mass is 384 g/mol. The van der Waals surface area contributed by atoms with Gasteiger partial charge in [-0.15, -0.1) is 0 Å². The maximum atomic E-state index is 11.9. The van der Waals surface area contributed by atoms with E-state index in [0.717, 1.165) is 43.1 Å². The van der Waals surface area contributed by atoms with Crippen molar-refractivity contribution >= 4 is 27.8 Å². The third-order valence-corrected chi connectivity index (χ3v) is 4.64. The Kier molecular flexibility index (Phi) is 6.66. The molecule has 0 aliphatic rings. The summed E-state index contributed by atoms with van der Waals surface area (Å²) in [6.45, 7) is 0.472. The lowest BCUT2D eigenvalue weighted by Gasteiger charge is -2.07. The first-order chi connectivity index (χ1) is 13.1. The number of aryl methyl sites for hydroxylation is 1. The van der Waals surface area contributed by atoms with Gasteiger partial charge in [0.2, 0.25) is 5.75 Å². The van der Waals surface area contributed by atoms with E-state index in [1.165, 1.54) is 0 Å². The second-order valence-electron chi connectivity index (χ2n) is 6.38. The van der Waals surface area contributed by atoms with Gasteiger partial charge in [-0.1, -0.05) is 49.2 Å². The van der Waals surface area contributed by atoms with Crippen LogP contribution in [0, 0.1) is 0 Å². The SMILES string of the molecule is O=C(Cl)c1ccccc1CCCCCCOc1cc2ccccc2oc1=O. The van der Waals surface area contributed by atoms with Crippen molar-refractivity contribution in [1.29, 1.82) is 0 Å². The van der Waals surface area contributed by atoms with E-state index < -0.39 is 10.9 Å². The number of rotatable bonds is 9. The van der Waals surface area contributed by atoms with Crippen molar-refractivity contribution in [3.63, 3.8) is 0 Å². The normalized spacial score (nSPS) is 10.9. The molecule has 3 rings (SSSR count). The minimum Gasteiger partial charge on any atom is -0.487 e. The molecule has 0 amide bonds. The van der Waals surface area contributed by atoms with Gasteiger partial charge in [-0.25, -0.2) is 4.79 Å². The number of benzene rings is 2. The topological polar surface area (TPSA) is 56.5 Å². The molecule has 0 bridgehead atoms. The van der Waals surface area contributed by atoms with Gasteiger partial charge in [0.15, 0.2) is 0 Å². The predicted octanol–water partition coefficient (Wildman–Crippen LogP) is 5.35. The molecule has 0 spiro atoms. The van der Waals surface area contributed by atoms with Gasteiger partial charge in [0, 0.05) is 10.9 Å². The molecule has 2 aromatic carbocycles. The maximum Gasteiger partial charge on any atom is 0.379 e.